The van der Waals surface area contributed by atoms with Gasteiger partial charge < -0.3 is 10.1 Å². The van der Waals surface area contributed by atoms with E-state index in [1.165, 1.54) is 16.6 Å². The Labute approximate surface area is 163 Å². The zero-order valence-corrected chi connectivity index (χ0v) is 16.3. The van der Waals surface area contributed by atoms with E-state index in [1.807, 2.05) is 17.5 Å². The third-order valence-corrected chi connectivity index (χ3v) is 5.44. The summed E-state index contributed by atoms with van der Waals surface area (Å²) in [6.45, 7) is 0.624. The number of rotatable bonds is 8. The molecule has 136 valence electrons. The van der Waals surface area contributed by atoms with Gasteiger partial charge in [0.25, 0.3) is 0 Å². The molecule has 0 atom stereocenters. The largest absolute Gasteiger partial charge is 0.495 e. The normalized spacial score (nSPS) is 10.7. The van der Waals surface area contributed by atoms with Crippen molar-refractivity contribution in [2.24, 2.45) is 0 Å². The minimum atomic E-state index is -0.129. The maximum atomic E-state index is 12.2. The quantitative estimate of drug-likeness (QED) is 0.573. The van der Waals surface area contributed by atoms with Crippen molar-refractivity contribution in [2.45, 2.75) is 18.1 Å². The number of aromatic nitrogens is 4. The predicted octanol–water partition coefficient (Wildman–Crippen LogP) is 3.57. The van der Waals surface area contributed by atoms with Gasteiger partial charge in [-0.3, -0.25) is 4.79 Å². The Kier molecular flexibility index (Phi) is 6.48. The summed E-state index contributed by atoms with van der Waals surface area (Å²) in [6, 6.07) is 9.11. The Bertz CT molecular complexity index is 869. The van der Waals surface area contributed by atoms with Crippen molar-refractivity contribution in [3.8, 4) is 5.75 Å². The lowest BCUT2D eigenvalue weighted by atomic mass is 10.3. The Morgan fingerprint density at radius 1 is 1.42 bits per heavy atom. The molecule has 2 heterocycles. The topological polar surface area (TPSA) is 81.9 Å². The molecule has 0 unspecified atom stereocenters. The molecule has 10 heteroatoms. The van der Waals surface area contributed by atoms with Crippen LogP contribution in [-0.2, 0) is 11.3 Å². The van der Waals surface area contributed by atoms with Crippen LogP contribution >= 0.6 is 34.7 Å². The number of tetrazole rings is 1. The van der Waals surface area contributed by atoms with Crippen molar-refractivity contribution in [3.63, 3.8) is 0 Å². The van der Waals surface area contributed by atoms with E-state index in [2.05, 4.69) is 20.8 Å². The molecule has 3 aromatic rings. The molecule has 0 saturated carbocycles. The second-order valence-electron chi connectivity index (χ2n) is 5.19. The summed E-state index contributed by atoms with van der Waals surface area (Å²) in [6.07, 6.45) is 0.312. The van der Waals surface area contributed by atoms with Gasteiger partial charge in [-0.1, -0.05) is 29.4 Å². The number of hydrogen-bond donors (Lipinski definition) is 1. The highest BCUT2D eigenvalue weighted by Crippen LogP contribution is 2.28. The highest BCUT2D eigenvalue weighted by atomic mass is 35.5. The standard InChI is InChI=1S/C16H16ClN5O2S2/c1-24-14-5-4-11(17)9-13(14)18-15(23)6-8-26-16-19-20-21-22(16)10-12-3-2-7-25-12/h2-5,7,9H,6,8,10H2,1H3,(H,18,23). The van der Waals surface area contributed by atoms with Crippen LogP contribution in [-0.4, -0.2) is 39.0 Å². The summed E-state index contributed by atoms with van der Waals surface area (Å²) < 4.78 is 6.95. The van der Waals surface area contributed by atoms with Crippen LogP contribution in [0.5, 0.6) is 5.75 Å². The number of anilines is 1. The lowest BCUT2D eigenvalue weighted by molar-refractivity contribution is -0.115. The van der Waals surface area contributed by atoms with Crippen molar-refractivity contribution in [1.29, 1.82) is 0 Å². The van der Waals surface area contributed by atoms with Gasteiger partial charge in [0.1, 0.15) is 5.75 Å². The zero-order valence-electron chi connectivity index (χ0n) is 13.9. The number of nitrogens with zero attached hydrogens (tertiary/aromatic N) is 4. The van der Waals surface area contributed by atoms with Gasteiger partial charge in [-0.25, -0.2) is 4.68 Å². The predicted molar refractivity (Wildman–Crippen MR) is 103 cm³/mol. The molecule has 0 aliphatic carbocycles. The molecule has 0 aliphatic heterocycles. The lowest BCUT2D eigenvalue weighted by Crippen LogP contribution is -2.13. The monoisotopic (exact) mass is 409 g/mol. The van der Waals surface area contributed by atoms with Gasteiger partial charge in [0.15, 0.2) is 0 Å². The molecule has 1 N–H and O–H groups in total. The van der Waals surface area contributed by atoms with E-state index in [-0.39, 0.29) is 5.91 Å². The average molecular weight is 410 g/mol. The number of thioether (sulfide) groups is 1. The fraction of sp³-hybridized carbons (Fsp3) is 0.250. The molecule has 0 radical (unpaired) electrons. The first-order chi connectivity index (χ1) is 12.7. The van der Waals surface area contributed by atoms with Gasteiger partial charge >= 0.3 is 0 Å². The van der Waals surface area contributed by atoms with E-state index in [0.717, 1.165) is 0 Å². The van der Waals surface area contributed by atoms with Crippen molar-refractivity contribution in [3.05, 3.63) is 45.6 Å². The van der Waals surface area contributed by atoms with Crippen LogP contribution in [0.2, 0.25) is 5.02 Å². The maximum Gasteiger partial charge on any atom is 0.225 e. The zero-order chi connectivity index (χ0) is 18.4. The molecule has 0 saturated heterocycles. The average Bonchev–Trinajstić information content (AvgIpc) is 3.28. The summed E-state index contributed by atoms with van der Waals surface area (Å²) in [5.74, 6) is 0.991. The summed E-state index contributed by atoms with van der Waals surface area (Å²) in [7, 11) is 1.54. The summed E-state index contributed by atoms with van der Waals surface area (Å²) in [4.78, 5) is 13.4. The van der Waals surface area contributed by atoms with Crippen molar-refractivity contribution in [2.75, 3.05) is 18.2 Å². The van der Waals surface area contributed by atoms with Gasteiger partial charge in [0, 0.05) is 22.1 Å². The summed E-state index contributed by atoms with van der Waals surface area (Å²) in [5.41, 5.74) is 0.553. The third kappa shape index (κ3) is 4.96. The summed E-state index contributed by atoms with van der Waals surface area (Å²) >= 11 is 9.06. The van der Waals surface area contributed by atoms with E-state index >= 15 is 0 Å². The fourth-order valence-corrected chi connectivity index (χ4v) is 3.85. The number of nitrogens with one attached hydrogen (secondary N) is 1. The third-order valence-electron chi connectivity index (χ3n) is 3.38. The maximum absolute atomic E-state index is 12.2. The van der Waals surface area contributed by atoms with Crippen molar-refractivity contribution in [1.82, 2.24) is 20.2 Å². The molecule has 3 rings (SSSR count). The number of hydrogen-bond acceptors (Lipinski definition) is 7. The van der Waals surface area contributed by atoms with E-state index in [9.17, 15) is 4.79 Å². The van der Waals surface area contributed by atoms with E-state index in [1.54, 1.807) is 41.3 Å². The molecule has 2 aromatic heterocycles. The van der Waals surface area contributed by atoms with Crippen LogP contribution in [0.15, 0.2) is 40.9 Å². The highest BCUT2D eigenvalue weighted by molar-refractivity contribution is 7.99. The SMILES string of the molecule is COc1ccc(Cl)cc1NC(=O)CCSc1nnnn1Cc1cccs1. The molecule has 0 aliphatic rings. The van der Waals surface area contributed by atoms with Crippen LogP contribution in [0, 0.1) is 0 Å². The molecule has 0 fully saturated rings. The number of methoxy groups -OCH3 is 1. The Balaban J connectivity index is 1.52. The molecule has 0 spiro atoms. The van der Waals surface area contributed by atoms with Gasteiger partial charge in [-0.2, -0.15) is 0 Å². The molecular weight excluding hydrogens is 394 g/mol. The smallest absolute Gasteiger partial charge is 0.225 e. The second kappa shape index (κ2) is 9.02. The Hall–Kier alpha value is -2.10. The van der Waals surface area contributed by atoms with Crippen molar-refractivity contribution >= 4 is 46.3 Å². The van der Waals surface area contributed by atoms with E-state index in [4.69, 9.17) is 16.3 Å². The van der Waals surface area contributed by atoms with Gasteiger partial charge in [0.05, 0.1) is 19.3 Å². The first-order valence-corrected chi connectivity index (χ1v) is 9.95. The number of thiophene rings is 1. The molecule has 7 nitrogen and oxygen atoms in total. The first kappa shape index (κ1) is 18.7. The van der Waals surface area contributed by atoms with Crippen LogP contribution in [0.4, 0.5) is 5.69 Å². The number of amides is 1. The molecule has 1 amide bonds. The van der Waals surface area contributed by atoms with E-state index in [0.29, 0.717) is 40.3 Å². The van der Waals surface area contributed by atoms with Gasteiger partial charge in [0.2, 0.25) is 11.1 Å². The number of halogens is 1. The number of carbonyl (C=O) groups is 1. The molecule has 26 heavy (non-hydrogen) atoms. The first-order valence-electron chi connectivity index (χ1n) is 7.70. The van der Waals surface area contributed by atoms with Crippen LogP contribution in [0.25, 0.3) is 0 Å². The van der Waals surface area contributed by atoms with Gasteiger partial charge in [-0.05, 0) is 40.1 Å². The fourth-order valence-electron chi connectivity index (χ4n) is 2.17. The Morgan fingerprint density at radius 3 is 3.08 bits per heavy atom. The minimum absolute atomic E-state index is 0.129. The van der Waals surface area contributed by atoms with Crippen LogP contribution in [0.1, 0.15) is 11.3 Å². The highest BCUT2D eigenvalue weighted by Gasteiger charge is 2.11. The van der Waals surface area contributed by atoms with Crippen LogP contribution in [0.3, 0.4) is 0 Å². The molecular formula is C16H16ClN5O2S2. The van der Waals surface area contributed by atoms with E-state index < -0.39 is 0 Å². The second-order valence-corrected chi connectivity index (χ2v) is 7.72. The minimum Gasteiger partial charge on any atom is -0.495 e. The molecule has 1 aromatic carbocycles. The van der Waals surface area contributed by atoms with Crippen molar-refractivity contribution < 1.29 is 9.53 Å². The van der Waals surface area contributed by atoms with Gasteiger partial charge in [-0.15, -0.1) is 16.4 Å². The molecule has 0 bridgehead atoms. The number of benzene rings is 1. The Morgan fingerprint density at radius 2 is 2.31 bits per heavy atom. The lowest BCUT2D eigenvalue weighted by Gasteiger charge is -2.10. The van der Waals surface area contributed by atoms with Crippen LogP contribution < -0.4 is 10.1 Å². The number of carbonyl (C=O) groups excluding carboxylic acids is 1. The number of ether oxygens (including phenoxy) is 1. The summed E-state index contributed by atoms with van der Waals surface area (Å²) in [5, 5.41) is 17.8.